The number of ether oxygens (including phenoxy) is 1. The molecule has 6 nitrogen and oxygen atoms in total. The first-order valence-electron chi connectivity index (χ1n) is 10.7. The molecule has 0 bridgehead atoms. The Morgan fingerprint density at radius 3 is 2.63 bits per heavy atom. The lowest BCUT2D eigenvalue weighted by Crippen LogP contribution is -2.44. The van der Waals surface area contributed by atoms with E-state index in [0.717, 1.165) is 36.3 Å². The standard InChI is InChI=1S/C24H31N3O3/c1-3-25-24(29)27-14-6-9-21(17-27)19-7-5-8-20(15-19)23(28)26-16-18-10-12-22(13-11-18)30-4-2/h5,7-8,10-13,15,21H,3-4,6,9,14,16-17H2,1-2H3,(H,25,29)(H,26,28). The second-order valence-electron chi connectivity index (χ2n) is 7.51. The largest absolute Gasteiger partial charge is 0.494 e. The van der Waals surface area contributed by atoms with Crippen LogP contribution in [0.15, 0.2) is 48.5 Å². The van der Waals surface area contributed by atoms with Gasteiger partial charge in [0.2, 0.25) is 0 Å². The smallest absolute Gasteiger partial charge is 0.317 e. The molecule has 3 amide bonds. The van der Waals surface area contributed by atoms with Gasteiger partial charge in [0.25, 0.3) is 5.91 Å². The predicted molar refractivity (Wildman–Crippen MR) is 118 cm³/mol. The topological polar surface area (TPSA) is 70.7 Å². The summed E-state index contributed by atoms with van der Waals surface area (Å²) in [6.45, 7) is 7.07. The molecule has 0 aromatic heterocycles. The van der Waals surface area contributed by atoms with E-state index in [9.17, 15) is 9.59 Å². The summed E-state index contributed by atoms with van der Waals surface area (Å²) in [5, 5.41) is 5.86. The van der Waals surface area contributed by atoms with Crippen LogP contribution < -0.4 is 15.4 Å². The summed E-state index contributed by atoms with van der Waals surface area (Å²) in [7, 11) is 0. The fourth-order valence-electron chi connectivity index (χ4n) is 3.79. The number of urea groups is 1. The lowest BCUT2D eigenvalue weighted by Gasteiger charge is -2.33. The Balaban J connectivity index is 1.60. The third kappa shape index (κ3) is 5.75. The average Bonchev–Trinajstić information content (AvgIpc) is 2.79. The highest BCUT2D eigenvalue weighted by Gasteiger charge is 2.24. The van der Waals surface area contributed by atoms with Gasteiger partial charge in [-0.25, -0.2) is 4.79 Å². The number of likely N-dealkylation sites (tertiary alicyclic amines) is 1. The van der Waals surface area contributed by atoms with Gasteiger partial charge in [0.05, 0.1) is 6.61 Å². The van der Waals surface area contributed by atoms with Crippen molar-refractivity contribution in [2.24, 2.45) is 0 Å². The quantitative estimate of drug-likeness (QED) is 0.728. The maximum Gasteiger partial charge on any atom is 0.317 e. The number of piperidine rings is 1. The summed E-state index contributed by atoms with van der Waals surface area (Å²) >= 11 is 0. The van der Waals surface area contributed by atoms with Crippen LogP contribution in [0.4, 0.5) is 4.79 Å². The molecule has 1 unspecified atom stereocenters. The number of nitrogens with zero attached hydrogens (tertiary/aromatic N) is 1. The normalized spacial score (nSPS) is 16.1. The van der Waals surface area contributed by atoms with Crippen LogP contribution in [0.2, 0.25) is 0 Å². The maximum absolute atomic E-state index is 12.7. The summed E-state index contributed by atoms with van der Waals surface area (Å²) < 4.78 is 5.45. The first-order chi connectivity index (χ1) is 14.6. The van der Waals surface area contributed by atoms with E-state index in [2.05, 4.69) is 16.7 Å². The number of carbonyl (C=O) groups excluding carboxylic acids is 2. The van der Waals surface area contributed by atoms with Crippen molar-refractivity contribution in [2.45, 2.75) is 39.2 Å². The number of rotatable bonds is 7. The fourth-order valence-corrected chi connectivity index (χ4v) is 3.79. The van der Waals surface area contributed by atoms with Crippen molar-refractivity contribution < 1.29 is 14.3 Å². The van der Waals surface area contributed by atoms with Crippen LogP contribution in [0.25, 0.3) is 0 Å². The van der Waals surface area contributed by atoms with Crippen LogP contribution in [0.5, 0.6) is 5.75 Å². The molecule has 1 aliphatic rings. The zero-order valence-corrected chi connectivity index (χ0v) is 17.8. The Morgan fingerprint density at radius 1 is 1.10 bits per heavy atom. The van der Waals surface area contributed by atoms with E-state index >= 15 is 0 Å². The Bertz CT molecular complexity index is 851. The molecule has 0 radical (unpaired) electrons. The highest BCUT2D eigenvalue weighted by Crippen LogP contribution is 2.27. The van der Waals surface area contributed by atoms with Crippen molar-refractivity contribution in [2.75, 3.05) is 26.2 Å². The van der Waals surface area contributed by atoms with E-state index in [4.69, 9.17) is 4.74 Å². The Kier molecular flexibility index (Phi) is 7.71. The average molecular weight is 410 g/mol. The van der Waals surface area contributed by atoms with E-state index in [1.807, 2.05) is 61.2 Å². The van der Waals surface area contributed by atoms with Crippen molar-refractivity contribution in [3.63, 3.8) is 0 Å². The van der Waals surface area contributed by atoms with Crippen LogP contribution in [-0.4, -0.2) is 43.1 Å². The number of benzene rings is 2. The number of amides is 3. The first kappa shape index (κ1) is 21.7. The molecule has 3 rings (SSSR count). The Hall–Kier alpha value is -3.02. The minimum atomic E-state index is -0.0953. The van der Waals surface area contributed by atoms with Crippen molar-refractivity contribution in [3.05, 3.63) is 65.2 Å². The zero-order valence-electron chi connectivity index (χ0n) is 17.8. The number of nitrogens with one attached hydrogen (secondary N) is 2. The van der Waals surface area contributed by atoms with Gasteiger partial charge >= 0.3 is 6.03 Å². The molecule has 1 heterocycles. The summed E-state index contributed by atoms with van der Waals surface area (Å²) in [6, 6.07) is 15.5. The van der Waals surface area contributed by atoms with Gasteiger partial charge in [-0.1, -0.05) is 24.3 Å². The molecule has 1 fully saturated rings. The first-order valence-corrected chi connectivity index (χ1v) is 10.7. The van der Waals surface area contributed by atoms with Gasteiger partial charge in [-0.2, -0.15) is 0 Å². The molecule has 0 aliphatic carbocycles. The van der Waals surface area contributed by atoms with E-state index in [1.165, 1.54) is 0 Å². The Morgan fingerprint density at radius 2 is 1.90 bits per heavy atom. The molecule has 0 saturated carbocycles. The number of hydrogen-bond acceptors (Lipinski definition) is 3. The van der Waals surface area contributed by atoms with Gasteiger partial charge in [0.1, 0.15) is 5.75 Å². The molecular weight excluding hydrogens is 378 g/mol. The van der Waals surface area contributed by atoms with Crippen LogP contribution in [0, 0.1) is 0 Å². The summed E-state index contributed by atoms with van der Waals surface area (Å²) in [6.07, 6.45) is 1.99. The van der Waals surface area contributed by atoms with E-state index in [0.29, 0.717) is 31.8 Å². The second kappa shape index (κ2) is 10.7. The number of carbonyl (C=O) groups is 2. The van der Waals surface area contributed by atoms with Crippen molar-refractivity contribution in [1.29, 1.82) is 0 Å². The zero-order chi connectivity index (χ0) is 21.3. The maximum atomic E-state index is 12.7. The summed E-state index contributed by atoms with van der Waals surface area (Å²) in [4.78, 5) is 26.7. The van der Waals surface area contributed by atoms with E-state index in [1.54, 1.807) is 0 Å². The van der Waals surface area contributed by atoms with Crippen LogP contribution in [-0.2, 0) is 6.54 Å². The molecule has 1 saturated heterocycles. The molecule has 2 aromatic rings. The van der Waals surface area contributed by atoms with E-state index < -0.39 is 0 Å². The second-order valence-corrected chi connectivity index (χ2v) is 7.51. The van der Waals surface area contributed by atoms with Crippen LogP contribution >= 0.6 is 0 Å². The van der Waals surface area contributed by atoms with Crippen LogP contribution in [0.1, 0.15) is 54.1 Å². The highest BCUT2D eigenvalue weighted by atomic mass is 16.5. The minimum absolute atomic E-state index is 0.00791. The molecule has 0 spiro atoms. The third-order valence-electron chi connectivity index (χ3n) is 5.34. The fraction of sp³-hybridized carbons (Fsp3) is 0.417. The van der Waals surface area contributed by atoms with Crippen molar-refractivity contribution in [3.8, 4) is 5.75 Å². The van der Waals surface area contributed by atoms with Gasteiger partial charge in [-0.05, 0) is 62.1 Å². The van der Waals surface area contributed by atoms with Gasteiger partial charge in [-0.3, -0.25) is 4.79 Å². The highest BCUT2D eigenvalue weighted by molar-refractivity contribution is 5.94. The molecule has 1 atom stereocenters. The Labute approximate surface area is 178 Å². The lowest BCUT2D eigenvalue weighted by atomic mass is 9.89. The van der Waals surface area contributed by atoms with Crippen molar-refractivity contribution in [1.82, 2.24) is 15.5 Å². The molecule has 2 aromatic carbocycles. The number of hydrogen-bond donors (Lipinski definition) is 2. The molecule has 160 valence electrons. The predicted octanol–water partition coefficient (Wildman–Crippen LogP) is 3.92. The summed E-state index contributed by atoms with van der Waals surface area (Å²) in [5.41, 5.74) is 2.78. The van der Waals surface area contributed by atoms with Crippen LogP contribution in [0.3, 0.4) is 0 Å². The third-order valence-corrected chi connectivity index (χ3v) is 5.34. The molecule has 2 N–H and O–H groups in total. The minimum Gasteiger partial charge on any atom is -0.494 e. The molecule has 30 heavy (non-hydrogen) atoms. The molecule has 1 aliphatic heterocycles. The SMILES string of the molecule is CCNC(=O)N1CCCC(c2cccc(C(=O)NCc3ccc(OCC)cc3)c2)C1. The lowest BCUT2D eigenvalue weighted by molar-refractivity contribution is 0.0950. The summed E-state index contributed by atoms with van der Waals surface area (Å²) in [5.74, 6) is 0.983. The van der Waals surface area contributed by atoms with Gasteiger partial charge in [0.15, 0.2) is 0 Å². The van der Waals surface area contributed by atoms with Gasteiger partial charge < -0.3 is 20.3 Å². The van der Waals surface area contributed by atoms with Gasteiger partial charge in [0, 0.05) is 37.7 Å². The van der Waals surface area contributed by atoms with Crippen molar-refractivity contribution >= 4 is 11.9 Å². The monoisotopic (exact) mass is 409 g/mol. The van der Waals surface area contributed by atoms with Gasteiger partial charge in [-0.15, -0.1) is 0 Å². The molecular formula is C24H31N3O3. The van der Waals surface area contributed by atoms with E-state index in [-0.39, 0.29) is 17.9 Å². The molecule has 6 heteroatoms.